The lowest BCUT2D eigenvalue weighted by Gasteiger charge is -2.37. The number of hydrogen-bond acceptors (Lipinski definition) is 1. The number of ketones is 1. The van der Waals surface area contributed by atoms with Gasteiger partial charge in [0.05, 0.1) is 14.1 Å². The second-order valence-corrected chi connectivity index (χ2v) is 11.4. The lowest BCUT2D eigenvalue weighted by atomic mass is 9.95. The Kier molecular flexibility index (Phi) is 18.6. The molecule has 0 saturated carbocycles. The van der Waals surface area contributed by atoms with Crippen LogP contribution >= 0.6 is 0 Å². The van der Waals surface area contributed by atoms with Crippen LogP contribution in [0.15, 0.2) is 60.7 Å². The molecular weight excluding hydrogens is 518 g/mol. The van der Waals surface area contributed by atoms with Crippen LogP contribution in [0.5, 0.6) is 0 Å². The van der Waals surface area contributed by atoms with Crippen molar-refractivity contribution in [2.24, 2.45) is 0 Å². The van der Waals surface area contributed by atoms with Gasteiger partial charge in [0.25, 0.3) is 0 Å². The molecule has 2 aromatic carbocycles. The molecule has 0 aliphatic rings. The van der Waals surface area contributed by atoms with Gasteiger partial charge in [0.2, 0.25) is 5.78 Å². The van der Waals surface area contributed by atoms with Gasteiger partial charge in [-0.3, -0.25) is 4.79 Å². The third-order valence-corrected chi connectivity index (χ3v) is 7.72. The summed E-state index contributed by atoms with van der Waals surface area (Å²) in [7, 11) is 4.45. The third kappa shape index (κ3) is 14.3. The summed E-state index contributed by atoms with van der Waals surface area (Å²) in [5.41, 5.74) is 2.15. The van der Waals surface area contributed by atoms with Crippen LogP contribution in [0.4, 0.5) is 0 Å². The summed E-state index contributed by atoms with van der Waals surface area (Å²) in [6, 6.07) is 20.5. The molecule has 0 radical (unpaired) electrons. The van der Waals surface area contributed by atoms with Crippen molar-refractivity contribution >= 4 is 5.78 Å². The Labute approximate surface area is 239 Å². The molecule has 3 heteroatoms. The van der Waals surface area contributed by atoms with Gasteiger partial charge in [-0.2, -0.15) is 0 Å². The van der Waals surface area contributed by atoms with E-state index in [1.165, 1.54) is 95.5 Å². The predicted molar refractivity (Wildman–Crippen MR) is 156 cm³/mol. The number of hydrogen-bond donors (Lipinski definition) is 0. The molecule has 37 heavy (non-hydrogen) atoms. The first-order chi connectivity index (χ1) is 17.5. The molecule has 0 N–H and O–H groups in total. The standard InChI is InChI=1S/C34H54NO.BrH/c1-4-5-6-7-8-9-10-11-12-13-14-15-16-17-24-29-33(34(36)32-27-22-19-23-28-32)35(2,3)30-31-25-20-18-21-26-31;/h18-23,25-28,33H,4-17,24,29-30H2,1-3H3;1H/q+1;/p-1. The molecule has 0 fully saturated rings. The van der Waals surface area contributed by atoms with Gasteiger partial charge in [-0.15, -0.1) is 0 Å². The molecule has 0 spiro atoms. The van der Waals surface area contributed by atoms with E-state index >= 15 is 0 Å². The zero-order valence-corrected chi connectivity index (χ0v) is 25.7. The number of halogens is 1. The Hall–Kier alpha value is -1.45. The van der Waals surface area contributed by atoms with Crippen molar-refractivity contribution < 1.29 is 26.3 Å². The van der Waals surface area contributed by atoms with Gasteiger partial charge in [-0.1, -0.05) is 157 Å². The first kappa shape index (κ1) is 33.6. The van der Waals surface area contributed by atoms with E-state index < -0.39 is 0 Å². The highest BCUT2D eigenvalue weighted by Crippen LogP contribution is 2.23. The highest BCUT2D eigenvalue weighted by atomic mass is 79.9. The molecule has 0 heterocycles. The molecule has 0 aliphatic heterocycles. The molecule has 2 rings (SSSR count). The number of carbonyl (C=O) groups is 1. The molecule has 1 unspecified atom stereocenters. The van der Waals surface area contributed by atoms with Crippen molar-refractivity contribution in [1.29, 1.82) is 0 Å². The molecule has 0 bridgehead atoms. The summed E-state index contributed by atoms with van der Waals surface area (Å²) in [6.07, 6.45) is 21.5. The average molecular weight is 573 g/mol. The topological polar surface area (TPSA) is 17.1 Å². The van der Waals surface area contributed by atoms with Crippen molar-refractivity contribution in [2.45, 2.75) is 122 Å². The van der Waals surface area contributed by atoms with E-state index in [1.54, 1.807) is 0 Å². The monoisotopic (exact) mass is 571 g/mol. The molecule has 0 amide bonds. The number of carbonyl (C=O) groups excluding carboxylic acids is 1. The van der Waals surface area contributed by atoms with E-state index in [2.05, 4.69) is 51.4 Å². The summed E-state index contributed by atoms with van der Waals surface area (Å²) < 4.78 is 0.705. The zero-order chi connectivity index (χ0) is 25.9. The summed E-state index contributed by atoms with van der Waals surface area (Å²) in [4.78, 5) is 13.5. The van der Waals surface area contributed by atoms with E-state index in [4.69, 9.17) is 0 Å². The van der Waals surface area contributed by atoms with Gasteiger partial charge in [-0.05, 0) is 6.42 Å². The molecule has 2 aromatic rings. The van der Waals surface area contributed by atoms with Crippen LogP contribution in [0.2, 0.25) is 0 Å². The minimum absolute atomic E-state index is 0. The average Bonchev–Trinajstić information content (AvgIpc) is 2.89. The minimum atomic E-state index is -0.00502. The predicted octanol–water partition coefficient (Wildman–Crippen LogP) is 6.78. The number of quaternary nitrogens is 1. The maximum absolute atomic E-state index is 13.5. The summed E-state index contributed by atoms with van der Waals surface area (Å²) in [5, 5.41) is 0. The molecule has 0 aromatic heterocycles. The first-order valence-corrected chi connectivity index (χ1v) is 15.0. The summed E-state index contributed by atoms with van der Waals surface area (Å²) in [5.74, 6) is 0.293. The second-order valence-electron chi connectivity index (χ2n) is 11.4. The Morgan fingerprint density at radius 1 is 0.622 bits per heavy atom. The number of rotatable bonds is 21. The molecular formula is C34H54BrNO. The zero-order valence-electron chi connectivity index (χ0n) is 24.1. The lowest BCUT2D eigenvalue weighted by Crippen LogP contribution is -3.00. The fourth-order valence-electron chi connectivity index (χ4n) is 5.47. The van der Waals surface area contributed by atoms with Crippen LogP contribution in [0, 0.1) is 0 Å². The van der Waals surface area contributed by atoms with Crippen LogP contribution < -0.4 is 17.0 Å². The number of unbranched alkanes of at least 4 members (excludes halogenated alkanes) is 14. The van der Waals surface area contributed by atoms with E-state index in [-0.39, 0.29) is 23.0 Å². The van der Waals surface area contributed by atoms with Crippen LogP contribution in [0.25, 0.3) is 0 Å². The quantitative estimate of drug-likeness (QED) is 0.0916. The van der Waals surface area contributed by atoms with Gasteiger partial charge >= 0.3 is 0 Å². The van der Waals surface area contributed by atoms with E-state index in [9.17, 15) is 4.79 Å². The molecule has 1 atom stereocenters. The Balaban J connectivity index is 0.00000684. The first-order valence-electron chi connectivity index (χ1n) is 15.0. The van der Waals surface area contributed by atoms with Gasteiger partial charge < -0.3 is 21.5 Å². The largest absolute Gasteiger partial charge is 1.00 e. The maximum Gasteiger partial charge on any atom is 0.219 e. The van der Waals surface area contributed by atoms with E-state index in [1.807, 2.05) is 30.3 Å². The van der Waals surface area contributed by atoms with Crippen molar-refractivity contribution in [2.75, 3.05) is 14.1 Å². The van der Waals surface area contributed by atoms with Crippen LogP contribution in [-0.2, 0) is 6.54 Å². The molecule has 2 nitrogen and oxygen atoms in total. The summed E-state index contributed by atoms with van der Waals surface area (Å²) in [6.45, 7) is 3.17. The number of likely N-dealkylation sites (N-methyl/N-ethyl adjacent to an activating group) is 1. The highest BCUT2D eigenvalue weighted by molar-refractivity contribution is 5.99. The Morgan fingerprint density at radius 3 is 1.49 bits per heavy atom. The van der Waals surface area contributed by atoms with Crippen molar-refractivity contribution in [1.82, 2.24) is 0 Å². The molecule has 208 valence electrons. The number of nitrogens with zero attached hydrogens (tertiary/aromatic N) is 1. The number of benzene rings is 2. The van der Waals surface area contributed by atoms with Crippen LogP contribution in [-0.4, -0.2) is 30.4 Å². The van der Waals surface area contributed by atoms with E-state index in [0.29, 0.717) is 10.3 Å². The molecule has 0 aliphatic carbocycles. The van der Waals surface area contributed by atoms with Crippen LogP contribution in [0.1, 0.15) is 126 Å². The fraction of sp³-hybridized carbons (Fsp3) is 0.618. The summed E-state index contributed by atoms with van der Waals surface area (Å²) >= 11 is 0. The van der Waals surface area contributed by atoms with Crippen molar-refractivity contribution in [3.63, 3.8) is 0 Å². The van der Waals surface area contributed by atoms with Gasteiger partial charge in [-0.25, -0.2) is 0 Å². The van der Waals surface area contributed by atoms with E-state index in [0.717, 1.165) is 24.9 Å². The number of Topliss-reactive ketones (excluding diaryl/α,β-unsaturated/α-hetero) is 1. The minimum Gasteiger partial charge on any atom is -1.00 e. The van der Waals surface area contributed by atoms with Crippen LogP contribution in [0.3, 0.4) is 0 Å². The lowest BCUT2D eigenvalue weighted by molar-refractivity contribution is -0.918. The maximum atomic E-state index is 13.5. The third-order valence-electron chi connectivity index (χ3n) is 7.72. The van der Waals surface area contributed by atoms with Gasteiger partial charge in [0.1, 0.15) is 6.54 Å². The molecule has 0 saturated heterocycles. The second kappa shape index (κ2) is 20.5. The highest BCUT2D eigenvalue weighted by Gasteiger charge is 2.35. The Bertz CT molecular complexity index is 805. The Morgan fingerprint density at radius 2 is 1.03 bits per heavy atom. The normalized spacial score (nSPS) is 12.2. The SMILES string of the molecule is CCCCCCCCCCCCCCCCCC(C(=O)c1ccccc1)[N+](C)(C)Cc1ccccc1.[Br-]. The van der Waals surface area contributed by atoms with Crippen molar-refractivity contribution in [3.8, 4) is 0 Å². The van der Waals surface area contributed by atoms with Gasteiger partial charge in [0.15, 0.2) is 6.04 Å². The smallest absolute Gasteiger partial charge is 0.219 e. The van der Waals surface area contributed by atoms with Crippen molar-refractivity contribution in [3.05, 3.63) is 71.8 Å². The van der Waals surface area contributed by atoms with Gasteiger partial charge in [0, 0.05) is 17.5 Å². The fourth-order valence-corrected chi connectivity index (χ4v) is 5.47.